The van der Waals surface area contributed by atoms with E-state index in [1.807, 2.05) is 6.07 Å². The molecule has 2 aliphatic rings. The van der Waals surface area contributed by atoms with Crippen LogP contribution in [0.3, 0.4) is 0 Å². The van der Waals surface area contributed by atoms with Gasteiger partial charge >= 0.3 is 0 Å². The minimum Gasteiger partial charge on any atom is -0.366 e. The summed E-state index contributed by atoms with van der Waals surface area (Å²) in [5.74, 6) is 1.83. The predicted octanol–water partition coefficient (Wildman–Crippen LogP) is 2.02. The molecule has 0 saturated carbocycles. The number of aliphatic imine (C=N–C) groups is 1. The van der Waals surface area contributed by atoms with Gasteiger partial charge in [-0.15, -0.1) is 0 Å². The minimum atomic E-state index is 0.381. The first kappa shape index (κ1) is 19.5. The Bertz CT molecular complexity index is 815. The molecule has 4 rings (SSSR count). The van der Waals surface area contributed by atoms with Gasteiger partial charge in [0, 0.05) is 63.4 Å². The van der Waals surface area contributed by atoms with E-state index < -0.39 is 0 Å². The summed E-state index contributed by atoms with van der Waals surface area (Å²) in [6.45, 7) is 10.8. The van der Waals surface area contributed by atoms with Gasteiger partial charge in [0.2, 0.25) is 5.95 Å². The molecule has 1 N–H and O–H groups in total. The standard InChI is InChI=1S/C22H31N7/c1-3-23-21(27-13-15-28(16-14-27)22-24-10-6-11-25-22)26-17-18(2)29-12-9-19-7-4-5-8-20(19)29/h4-8,10-11,18H,3,9,12-17H2,1-2H3,(H,23,26). The normalized spacial score (nSPS) is 18.0. The molecule has 0 amide bonds. The summed E-state index contributed by atoms with van der Waals surface area (Å²) in [5, 5.41) is 3.48. The fraction of sp³-hybridized carbons (Fsp3) is 0.500. The third-order valence-electron chi connectivity index (χ3n) is 5.71. The van der Waals surface area contributed by atoms with Crippen molar-refractivity contribution >= 4 is 17.6 Å². The number of piperazine rings is 1. The van der Waals surface area contributed by atoms with E-state index in [2.05, 4.69) is 68.1 Å². The lowest BCUT2D eigenvalue weighted by molar-refractivity contribution is 0.369. The van der Waals surface area contributed by atoms with Gasteiger partial charge in [-0.3, -0.25) is 4.99 Å². The lowest BCUT2D eigenvalue weighted by Crippen LogP contribution is -2.53. The minimum absolute atomic E-state index is 0.381. The van der Waals surface area contributed by atoms with Crippen LogP contribution in [0, 0.1) is 0 Å². The summed E-state index contributed by atoms with van der Waals surface area (Å²) in [6, 6.07) is 11.0. The molecule has 1 fully saturated rings. The van der Waals surface area contributed by atoms with E-state index in [-0.39, 0.29) is 0 Å². The van der Waals surface area contributed by atoms with Crippen molar-refractivity contribution in [3.05, 3.63) is 48.3 Å². The van der Waals surface area contributed by atoms with Crippen LogP contribution in [-0.4, -0.2) is 72.7 Å². The molecule has 3 heterocycles. The molecular weight excluding hydrogens is 362 g/mol. The van der Waals surface area contributed by atoms with Crippen LogP contribution in [0.2, 0.25) is 0 Å². The maximum Gasteiger partial charge on any atom is 0.225 e. The van der Waals surface area contributed by atoms with E-state index in [1.54, 1.807) is 12.4 Å². The number of hydrogen-bond donors (Lipinski definition) is 1. The van der Waals surface area contributed by atoms with Gasteiger partial charge in [-0.1, -0.05) is 18.2 Å². The molecule has 1 aromatic heterocycles. The number of benzene rings is 1. The second kappa shape index (κ2) is 9.11. The van der Waals surface area contributed by atoms with Gasteiger partial charge in [-0.2, -0.15) is 0 Å². The Morgan fingerprint density at radius 2 is 1.83 bits per heavy atom. The topological polar surface area (TPSA) is 59.9 Å². The monoisotopic (exact) mass is 393 g/mol. The van der Waals surface area contributed by atoms with Crippen molar-refractivity contribution in [2.24, 2.45) is 4.99 Å². The van der Waals surface area contributed by atoms with Crippen molar-refractivity contribution in [3.63, 3.8) is 0 Å². The molecule has 0 radical (unpaired) electrons. The number of guanidine groups is 1. The highest BCUT2D eigenvalue weighted by molar-refractivity contribution is 5.80. The number of hydrogen-bond acceptors (Lipinski definition) is 5. The van der Waals surface area contributed by atoms with Crippen molar-refractivity contribution in [2.75, 3.05) is 55.6 Å². The third kappa shape index (κ3) is 4.44. The zero-order chi connectivity index (χ0) is 20.1. The Morgan fingerprint density at radius 1 is 1.07 bits per heavy atom. The second-order valence-electron chi connectivity index (χ2n) is 7.64. The van der Waals surface area contributed by atoms with Gasteiger partial charge < -0.3 is 20.0 Å². The first-order valence-corrected chi connectivity index (χ1v) is 10.7. The average Bonchev–Trinajstić information content (AvgIpc) is 3.21. The van der Waals surface area contributed by atoms with Crippen LogP contribution in [0.25, 0.3) is 0 Å². The fourth-order valence-electron chi connectivity index (χ4n) is 4.14. The van der Waals surface area contributed by atoms with E-state index in [0.29, 0.717) is 6.04 Å². The Hall–Kier alpha value is -2.83. The van der Waals surface area contributed by atoms with E-state index in [0.717, 1.165) is 64.1 Å². The Balaban J connectivity index is 1.37. The average molecular weight is 394 g/mol. The van der Waals surface area contributed by atoms with Crippen LogP contribution in [0.4, 0.5) is 11.6 Å². The van der Waals surface area contributed by atoms with E-state index in [1.165, 1.54) is 11.3 Å². The van der Waals surface area contributed by atoms with Gasteiger partial charge in [-0.25, -0.2) is 9.97 Å². The largest absolute Gasteiger partial charge is 0.366 e. The number of aromatic nitrogens is 2. The molecule has 29 heavy (non-hydrogen) atoms. The first-order chi connectivity index (χ1) is 14.3. The SMILES string of the molecule is CCNC(=NCC(C)N1CCc2ccccc21)N1CCN(c2ncccn2)CC1. The van der Waals surface area contributed by atoms with Crippen LogP contribution in [0.1, 0.15) is 19.4 Å². The molecule has 7 nitrogen and oxygen atoms in total. The zero-order valence-electron chi connectivity index (χ0n) is 17.5. The van der Waals surface area contributed by atoms with E-state index >= 15 is 0 Å². The van der Waals surface area contributed by atoms with Gasteiger partial charge in [0.25, 0.3) is 0 Å². The van der Waals surface area contributed by atoms with Gasteiger partial charge in [0.05, 0.1) is 6.54 Å². The Labute approximate surface area is 173 Å². The van der Waals surface area contributed by atoms with E-state index in [9.17, 15) is 0 Å². The Morgan fingerprint density at radius 3 is 2.59 bits per heavy atom. The summed E-state index contributed by atoms with van der Waals surface area (Å²) in [6.07, 6.45) is 4.74. The summed E-state index contributed by atoms with van der Waals surface area (Å²) < 4.78 is 0. The maximum atomic E-state index is 4.99. The number of anilines is 2. The quantitative estimate of drug-likeness (QED) is 0.620. The van der Waals surface area contributed by atoms with Gasteiger partial charge in [-0.05, 0) is 38.0 Å². The van der Waals surface area contributed by atoms with Crippen molar-refractivity contribution in [3.8, 4) is 0 Å². The highest BCUT2D eigenvalue weighted by Gasteiger charge is 2.24. The number of para-hydroxylation sites is 1. The van der Waals surface area contributed by atoms with Gasteiger partial charge in [0.15, 0.2) is 5.96 Å². The number of rotatable bonds is 5. The van der Waals surface area contributed by atoms with E-state index in [4.69, 9.17) is 4.99 Å². The molecule has 0 aliphatic carbocycles. The zero-order valence-corrected chi connectivity index (χ0v) is 17.5. The van der Waals surface area contributed by atoms with Crippen molar-refractivity contribution in [1.29, 1.82) is 0 Å². The molecular formula is C22H31N7. The number of nitrogens with one attached hydrogen (secondary N) is 1. The van der Waals surface area contributed by atoms with Crippen molar-refractivity contribution in [2.45, 2.75) is 26.3 Å². The predicted molar refractivity (Wildman–Crippen MR) is 119 cm³/mol. The molecule has 1 atom stereocenters. The smallest absolute Gasteiger partial charge is 0.225 e. The summed E-state index contributed by atoms with van der Waals surface area (Å²) >= 11 is 0. The van der Waals surface area contributed by atoms with Crippen molar-refractivity contribution in [1.82, 2.24) is 20.2 Å². The van der Waals surface area contributed by atoms with Crippen LogP contribution in [-0.2, 0) is 6.42 Å². The Kier molecular flexibility index (Phi) is 6.12. The lowest BCUT2D eigenvalue weighted by Gasteiger charge is -2.36. The molecule has 2 aromatic rings. The molecule has 7 heteroatoms. The number of nitrogens with zero attached hydrogens (tertiary/aromatic N) is 6. The van der Waals surface area contributed by atoms with Crippen molar-refractivity contribution < 1.29 is 0 Å². The maximum absolute atomic E-state index is 4.99. The fourth-order valence-corrected chi connectivity index (χ4v) is 4.14. The van der Waals surface area contributed by atoms with Crippen LogP contribution < -0.4 is 15.1 Å². The lowest BCUT2D eigenvalue weighted by atomic mass is 10.2. The molecule has 0 bridgehead atoms. The van der Waals surface area contributed by atoms with Gasteiger partial charge in [0.1, 0.15) is 0 Å². The highest BCUT2D eigenvalue weighted by Crippen LogP contribution is 2.29. The molecule has 1 unspecified atom stereocenters. The molecule has 1 aromatic carbocycles. The number of fused-ring (bicyclic) bond motifs is 1. The molecule has 0 spiro atoms. The molecule has 154 valence electrons. The van der Waals surface area contributed by atoms with Crippen LogP contribution >= 0.6 is 0 Å². The summed E-state index contributed by atoms with van der Waals surface area (Å²) in [5.41, 5.74) is 2.83. The molecule has 2 aliphatic heterocycles. The first-order valence-electron chi connectivity index (χ1n) is 10.7. The second-order valence-corrected chi connectivity index (χ2v) is 7.64. The third-order valence-corrected chi connectivity index (χ3v) is 5.71. The summed E-state index contributed by atoms with van der Waals surface area (Å²) in [7, 11) is 0. The van der Waals surface area contributed by atoms with Crippen LogP contribution in [0.15, 0.2) is 47.7 Å². The molecule has 1 saturated heterocycles. The highest BCUT2D eigenvalue weighted by atomic mass is 15.4. The van der Waals surface area contributed by atoms with Crippen LogP contribution in [0.5, 0.6) is 0 Å². The summed E-state index contributed by atoms with van der Waals surface area (Å²) in [4.78, 5) is 20.8.